The molecule has 3 rings (SSSR count). The van der Waals surface area contributed by atoms with Gasteiger partial charge in [-0.1, -0.05) is 53.7 Å². The van der Waals surface area contributed by atoms with Gasteiger partial charge in [-0.25, -0.2) is 0 Å². The third-order valence-electron chi connectivity index (χ3n) is 7.83. The Balaban J connectivity index is 0.00000183. The molecule has 1 aliphatic rings. The molecule has 4 unspecified atom stereocenters. The summed E-state index contributed by atoms with van der Waals surface area (Å²) in [5.74, 6) is -0.526. The fourth-order valence-electron chi connectivity index (χ4n) is 4.84. The molecule has 245 valence electrons. The van der Waals surface area contributed by atoms with E-state index in [1.54, 1.807) is 0 Å². The van der Waals surface area contributed by atoms with Gasteiger partial charge in [0.05, 0.1) is 12.1 Å². The van der Waals surface area contributed by atoms with Crippen molar-refractivity contribution in [3.8, 4) is 11.5 Å². The molecule has 0 aliphatic heterocycles. The van der Waals surface area contributed by atoms with E-state index in [1.807, 2.05) is 12.4 Å². The number of hydrogen-bond acceptors (Lipinski definition) is 8. The van der Waals surface area contributed by atoms with Crippen molar-refractivity contribution in [1.82, 2.24) is 0 Å². The molecule has 1 aliphatic carbocycles. The van der Waals surface area contributed by atoms with E-state index in [1.165, 1.54) is 11.1 Å². The molecule has 0 spiro atoms. The summed E-state index contributed by atoms with van der Waals surface area (Å²) in [7, 11) is 0. The predicted molar refractivity (Wildman–Crippen MR) is 170 cm³/mol. The van der Waals surface area contributed by atoms with Gasteiger partial charge in [0, 0.05) is 35.5 Å². The number of aliphatic imine (C=N–C) groups is 2. The van der Waals surface area contributed by atoms with Crippen LogP contribution in [0.4, 0.5) is 0 Å². The van der Waals surface area contributed by atoms with Gasteiger partial charge in [-0.05, 0) is 105 Å². The smallest absolute Gasteiger partial charge is 0.550 e. The average molecular weight is 654 g/mol. The van der Waals surface area contributed by atoms with Gasteiger partial charge >= 0.3 is 16.8 Å². The Labute approximate surface area is 273 Å². The van der Waals surface area contributed by atoms with E-state index in [2.05, 4.69) is 65.8 Å². The van der Waals surface area contributed by atoms with Gasteiger partial charge < -0.3 is 30.0 Å². The van der Waals surface area contributed by atoms with Crippen molar-refractivity contribution in [3.05, 3.63) is 57.6 Å². The number of carbonyl (C=O) groups is 2. The molecule has 2 N–H and O–H groups in total. The maximum atomic E-state index is 10.7. The molecular weight excluding hydrogens is 603 g/mol. The second-order valence-electron chi connectivity index (χ2n) is 11.2. The maximum absolute atomic E-state index is 10.7. The molecule has 0 heterocycles. The van der Waals surface area contributed by atoms with Crippen LogP contribution in [0.5, 0.6) is 11.5 Å². The first kappa shape index (κ1) is 40.8. The molecule has 1 fully saturated rings. The summed E-state index contributed by atoms with van der Waals surface area (Å²) in [6, 6.07) is 8.87. The summed E-state index contributed by atoms with van der Waals surface area (Å²) >= 11 is 0. The molecule has 1 saturated carbocycles. The number of phenolic OH excluding ortho intramolecular Hbond substituents is 2. The van der Waals surface area contributed by atoms with Crippen LogP contribution in [-0.4, -0.2) is 46.7 Å². The first-order valence-corrected chi connectivity index (χ1v) is 15.4. The third-order valence-corrected chi connectivity index (χ3v) is 7.83. The molecule has 4 atom stereocenters. The number of aryl methyl sites for hydroxylation is 2. The first-order chi connectivity index (χ1) is 20.3. The summed E-state index contributed by atoms with van der Waals surface area (Å²) in [5.41, 5.74) is 6.16. The van der Waals surface area contributed by atoms with Gasteiger partial charge in [-0.15, -0.1) is 0 Å². The van der Waals surface area contributed by atoms with E-state index >= 15 is 0 Å². The van der Waals surface area contributed by atoms with Crippen molar-refractivity contribution in [2.24, 2.45) is 9.98 Å². The summed E-state index contributed by atoms with van der Waals surface area (Å²) in [6.07, 6.45) is 10.4. The van der Waals surface area contributed by atoms with Gasteiger partial charge in [-0.2, -0.15) is 0 Å². The summed E-state index contributed by atoms with van der Waals surface area (Å²) < 4.78 is 0. The Bertz CT molecular complexity index is 1160. The van der Waals surface area contributed by atoms with E-state index < -0.39 is 11.9 Å². The molecule has 0 saturated heterocycles. The Morgan fingerprint density at radius 3 is 1.36 bits per heavy atom. The number of hydrogen-bond donors (Lipinski definition) is 2. The van der Waals surface area contributed by atoms with Crippen molar-refractivity contribution in [3.63, 3.8) is 0 Å². The number of phenols is 2. The standard InChI is InChI=1S/C31H44N2O2.2C2H4O2.Co/c1-7-20(5)24-13-22(9-3)30(34)26(15-24)18-32-28-11-12-29(17-28)33-19-27-16-25(21(6)8-2)14-23(10-4)31(27)35;2*1-2(3)4;/h13-16,18-21,28-29,34-35H,7-12,17H2,1-6H3;2*1H3,(H,3,4);/q;;;+2/p-2. The number of aliphatic carboxylic acids is 2. The van der Waals surface area contributed by atoms with Crippen LogP contribution in [0.2, 0.25) is 0 Å². The number of benzene rings is 2. The van der Waals surface area contributed by atoms with Crippen LogP contribution in [0.25, 0.3) is 0 Å². The van der Waals surface area contributed by atoms with Gasteiger partial charge in [0.25, 0.3) is 0 Å². The van der Waals surface area contributed by atoms with Gasteiger partial charge in [0.15, 0.2) is 0 Å². The number of aromatic hydroxyl groups is 2. The number of carbonyl (C=O) groups excluding carboxylic acids is 2. The molecule has 1 radical (unpaired) electrons. The second-order valence-corrected chi connectivity index (χ2v) is 11.2. The molecular formula is C35H50CoN2O6. The molecule has 44 heavy (non-hydrogen) atoms. The Morgan fingerprint density at radius 1 is 0.773 bits per heavy atom. The van der Waals surface area contributed by atoms with Crippen molar-refractivity contribution in [2.45, 2.75) is 124 Å². The molecule has 9 heteroatoms. The quantitative estimate of drug-likeness (QED) is 0.337. The van der Waals surface area contributed by atoms with Crippen LogP contribution in [-0.2, 0) is 39.2 Å². The van der Waals surface area contributed by atoms with Crippen LogP contribution in [0, 0.1) is 0 Å². The average Bonchev–Trinajstić information content (AvgIpc) is 3.42. The summed E-state index contributed by atoms with van der Waals surface area (Å²) in [5, 5.41) is 39.2. The van der Waals surface area contributed by atoms with E-state index in [-0.39, 0.29) is 28.9 Å². The zero-order valence-corrected chi connectivity index (χ0v) is 28.5. The largest absolute Gasteiger partial charge is 2.00 e. The van der Waals surface area contributed by atoms with E-state index in [4.69, 9.17) is 29.8 Å². The van der Waals surface area contributed by atoms with Crippen LogP contribution >= 0.6 is 0 Å². The number of carboxylic acids is 2. The SMILES string of the molecule is CC(=O)[O-].CC(=O)[O-].CCc1cc(C(C)CC)cc(C=NC2CCC(N=Cc3cc(C(C)CC)cc(CC)c3O)C2)c1O.[Co+2]. The Kier molecular flexibility index (Phi) is 19.2. The van der Waals surface area contributed by atoms with Gasteiger partial charge in [-0.3, -0.25) is 9.98 Å². The Morgan fingerprint density at radius 2 is 1.09 bits per heavy atom. The molecule has 8 nitrogen and oxygen atoms in total. The van der Waals surface area contributed by atoms with Crippen LogP contribution < -0.4 is 10.2 Å². The zero-order valence-electron chi connectivity index (χ0n) is 27.5. The van der Waals surface area contributed by atoms with Crippen molar-refractivity contribution in [1.29, 1.82) is 0 Å². The van der Waals surface area contributed by atoms with Crippen molar-refractivity contribution < 1.29 is 46.8 Å². The minimum Gasteiger partial charge on any atom is -0.550 e. The zero-order chi connectivity index (χ0) is 32.7. The molecule has 0 amide bonds. The topological polar surface area (TPSA) is 145 Å². The van der Waals surface area contributed by atoms with Crippen LogP contribution in [0.3, 0.4) is 0 Å². The van der Waals surface area contributed by atoms with Crippen molar-refractivity contribution in [2.75, 3.05) is 0 Å². The third kappa shape index (κ3) is 13.6. The minimum atomic E-state index is -1.08. The maximum Gasteiger partial charge on any atom is 2.00 e. The Hall–Kier alpha value is -3.17. The van der Waals surface area contributed by atoms with E-state index in [0.29, 0.717) is 23.3 Å². The normalized spacial score (nSPS) is 17.2. The monoisotopic (exact) mass is 653 g/mol. The molecule has 0 aromatic heterocycles. The fraction of sp³-hybridized carbons (Fsp3) is 0.543. The number of carboxylic acid groups (broad SMARTS) is 2. The number of nitrogens with zero attached hydrogens (tertiary/aromatic N) is 2. The van der Waals surface area contributed by atoms with Crippen LogP contribution in [0.1, 0.15) is 133 Å². The van der Waals surface area contributed by atoms with Crippen molar-refractivity contribution >= 4 is 24.4 Å². The van der Waals surface area contributed by atoms with Gasteiger partial charge in [0.1, 0.15) is 11.5 Å². The molecule has 2 aromatic rings. The number of rotatable bonds is 10. The second kappa shape index (κ2) is 20.7. The van der Waals surface area contributed by atoms with Gasteiger partial charge in [0.2, 0.25) is 0 Å². The van der Waals surface area contributed by atoms with Crippen LogP contribution in [0.15, 0.2) is 34.3 Å². The predicted octanol–water partition coefficient (Wildman–Crippen LogP) is 5.22. The fourth-order valence-corrected chi connectivity index (χ4v) is 4.84. The molecule has 2 aromatic carbocycles. The summed E-state index contributed by atoms with van der Waals surface area (Å²) in [4.78, 5) is 27.5. The van der Waals surface area contributed by atoms with E-state index in [0.717, 1.165) is 81.0 Å². The minimum absolute atomic E-state index is 0. The summed E-state index contributed by atoms with van der Waals surface area (Å²) in [6.45, 7) is 14.9. The molecule has 0 bridgehead atoms. The first-order valence-electron chi connectivity index (χ1n) is 15.4. The van der Waals surface area contributed by atoms with E-state index in [9.17, 15) is 10.2 Å².